The first-order valence-corrected chi connectivity index (χ1v) is 8.44. The maximum Gasteiger partial charge on any atom is 0.191 e. The molecule has 3 rings (SSSR count). The number of pyridine rings is 1. The molecule has 0 spiro atoms. The van der Waals surface area contributed by atoms with Gasteiger partial charge in [-0.25, -0.2) is 0 Å². The quantitative estimate of drug-likeness (QED) is 0.865. The van der Waals surface area contributed by atoms with Crippen molar-refractivity contribution in [1.82, 2.24) is 19.7 Å². The molecule has 118 valence electrons. The number of nitrogens with zero attached hydrogens (tertiary/aromatic N) is 4. The molecule has 2 heterocycles. The van der Waals surface area contributed by atoms with Gasteiger partial charge >= 0.3 is 0 Å². The maximum absolute atomic E-state index is 5.98. The monoisotopic (exact) mass is 318 g/mol. The highest BCUT2D eigenvalue weighted by atomic mass is 32.2. The third kappa shape index (κ3) is 3.50. The van der Waals surface area contributed by atoms with Crippen LogP contribution in [0, 0.1) is 0 Å². The highest BCUT2D eigenvalue weighted by Gasteiger charge is 2.34. The van der Waals surface area contributed by atoms with E-state index < -0.39 is 0 Å². The summed E-state index contributed by atoms with van der Waals surface area (Å²) in [6, 6.07) is 3.92. The van der Waals surface area contributed by atoms with Crippen LogP contribution in [-0.4, -0.2) is 36.7 Å². The molecular formula is C16H22N4OS. The first-order valence-electron chi connectivity index (χ1n) is 7.56. The van der Waals surface area contributed by atoms with Crippen molar-refractivity contribution in [3.05, 3.63) is 24.5 Å². The Kier molecular flexibility index (Phi) is 4.23. The Morgan fingerprint density at radius 3 is 2.68 bits per heavy atom. The molecule has 1 aliphatic rings. The van der Waals surface area contributed by atoms with Crippen LogP contribution in [0.2, 0.25) is 0 Å². The van der Waals surface area contributed by atoms with Crippen molar-refractivity contribution in [1.29, 1.82) is 0 Å². The molecule has 0 radical (unpaired) electrons. The summed E-state index contributed by atoms with van der Waals surface area (Å²) in [4.78, 5) is 4.14. The Hall–Kier alpha value is -1.40. The second-order valence-corrected chi connectivity index (χ2v) is 7.94. The van der Waals surface area contributed by atoms with Crippen molar-refractivity contribution < 1.29 is 4.74 Å². The molecular weight excluding hydrogens is 296 g/mol. The fourth-order valence-electron chi connectivity index (χ4n) is 2.52. The van der Waals surface area contributed by atoms with Gasteiger partial charge in [-0.2, -0.15) is 0 Å². The molecule has 0 atom stereocenters. The Labute approximate surface area is 135 Å². The number of thioether (sulfide) groups is 1. The minimum atomic E-state index is -0.0570. The lowest BCUT2D eigenvalue weighted by molar-refractivity contribution is -0.0892. The molecule has 1 saturated carbocycles. The Balaban J connectivity index is 1.60. The lowest BCUT2D eigenvalue weighted by atomic mass is 9.94. The summed E-state index contributed by atoms with van der Waals surface area (Å²) in [5.74, 6) is 0.859. The van der Waals surface area contributed by atoms with Crippen molar-refractivity contribution in [2.24, 2.45) is 7.05 Å². The molecule has 0 bridgehead atoms. The molecule has 0 aliphatic heterocycles. The SMILES string of the molecule is Cn1c(SC2CC(OC(C)(C)C)C2)nnc1-c1cccnc1. The summed E-state index contributed by atoms with van der Waals surface area (Å²) in [6.07, 6.45) is 6.12. The Morgan fingerprint density at radius 1 is 1.27 bits per heavy atom. The van der Waals surface area contributed by atoms with Gasteiger partial charge in [0.15, 0.2) is 11.0 Å². The fraction of sp³-hybridized carbons (Fsp3) is 0.562. The average Bonchev–Trinajstić information content (AvgIpc) is 2.77. The van der Waals surface area contributed by atoms with E-state index in [1.807, 2.05) is 29.9 Å². The van der Waals surface area contributed by atoms with Gasteiger partial charge in [-0.1, -0.05) is 11.8 Å². The highest BCUT2D eigenvalue weighted by Crippen LogP contribution is 2.39. The molecule has 5 nitrogen and oxygen atoms in total. The number of rotatable bonds is 4. The lowest BCUT2D eigenvalue weighted by Crippen LogP contribution is -2.39. The van der Waals surface area contributed by atoms with Crippen molar-refractivity contribution in [2.45, 2.75) is 55.7 Å². The van der Waals surface area contributed by atoms with Crippen LogP contribution >= 0.6 is 11.8 Å². The van der Waals surface area contributed by atoms with Crippen molar-refractivity contribution in [3.8, 4) is 11.4 Å². The van der Waals surface area contributed by atoms with Crippen LogP contribution in [-0.2, 0) is 11.8 Å². The average molecular weight is 318 g/mol. The number of aromatic nitrogens is 4. The van der Waals surface area contributed by atoms with Crippen LogP contribution in [0.15, 0.2) is 29.7 Å². The van der Waals surface area contributed by atoms with Crippen LogP contribution < -0.4 is 0 Å². The summed E-state index contributed by atoms with van der Waals surface area (Å²) in [7, 11) is 2.01. The number of hydrogen-bond acceptors (Lipinski definition) is 5. The molecule has 0 saturated heterocycles. The predicted molar refractivity (Wildman–Crippen MR) is 87.7 cm³/mol. The molecule has 22 heavy (non-hydrogen) atoms. The van der Waals surface area contributed by atoms with E-state index in [9.17, 15) is 0 Å². The van der Waals surface area contributed by atoms with Gasteiger partial charge in [-0.15, -0.1) is 10.2 Å². The van der Waals surface area contributed by atoms with Crippen LogP contribution in [0.1, 0.15) is 33.6 Å². The van der Waals surface area contributed by atoms with Gasteiger partial charge in [0, 0.05) is 30.3 Å². The van der Waals surface area contributed by atoms with Gasteiger partial charge in [-0.05, 0) is 45.7 Å². The molecule has 2 aromatic heterocycles. The summed E-state index contributed by atoms with van der Waals surface area (Å²) in [6.45, 7) is 6.32. The summed E-state index contributed by atoms with van der Waals surface area (Å²) >= 11 is 1.79. The molecule has 0 amide bonds. The van der Waals surface area contributed by atoms with E-state index in [-0.39, 0.29) is 5.60 Å². The van der Waals surface area contributed by atoms with Crippen LogP contribution in [0.3, 0.4) is 0 Å². The van der Waals surface area contributed by atoms with Gasteiger partial charge < -0.3 is 9.30 Å². The van der Waals surface area contributed by atoms with E-state index in [0.29, 0.717) is 11.4 Å². The van der Waals surface area contributed by atoms with Crippen molar-refractivity contribution in [2.75, 3.05) is 0 Å². The zero-order valence-electron chi connectivity index (χ0n) is 13.5. The van der Waals surface area contributed by atoms with Gasteiger partial charge in [-0.3, -0.25) is 4.98 Å². The molecule has 1 aliphatic carbocycles. The first-order chi connectivity index (χ1) is 10.4. The predicted octanol–water partition coefficient (Wildman–Crippen LogP) is 3.32. The standard InChI is InChI=1S/C16H22N4OS/c1-16(2,3)21-12-8-13(9-12)22-15-19-18-14(20(15)4)11-6-5-7-17-10-11/h5-7,10,12-13H,8-9H2,1-4H3. The maximum atomic E-state index is 5.98. The third-order valence-electron chi connectivity index (χ3n) is 3.60. The summed E-state index contributed by atoms with van der Waals surface area (Å²) in [5.41, 5.74) is 0.936. The Bertz CT molecular complexity index is 629. The second-order valence-electron chi connectivity index (χ2n) is 6.67. The van der Waals surface area contributed by atoms with Gasteiger partial charge in [0.05, 0.1) is 11.7 Å². The van der Waals surface area contributed by atoms with E-state index in [2.05, 4.69) is 36.0 Å². The zero-order chi connectivity index (χ0) is 15.7. The van der Waals surface area contributed by atoms with E-state index >= 15 is 0 Å². The van der Waals surface area contributed by atoms with Crippen LogP contribution in [0.4, 0.5) is 0 Å². The van der Waals surface area contributed by atoms with E-state index in [1.165, 1.54) is 0 Å². The second kappa shape index (κ2) is 6.01. The minimum Gasteiger partial charge on any atom is -0.373 e. The zero-order valence-corrected chi connectivity index (χ0v) is 14.3. The van der Waals surface area contributed by atoms with Crippen molar-refractivity contribution in [3.63, 3.8) is 0 Å². The largest absolute Gasteiger partial charge is 0.373 e. The molecule has 6 heteroatoms. The van der Waals surface area contributed by atoms with E-state index in [4.69, 9.17) is 4.74 Å². The molecule has 0 unspecified atom stereocenters. The van der Waals surface area contributed by atoms with Gasteiger partial charge in [0.25, 0.3) is 0 Å². The number of ether oxygens (including phenoxy) is 1. The molecule has 1 fully saturated rings. The smallest absolute Gasteiger partial charge is 0.191 e. The molecule has 0 N–H and O–H groups in total. The molecule has 2 aromatic rings. The first kappa shape index (κ1) is 15.5. The van der Waals surface area contributed by atoms with Gasteiger partial charge in [0.2, 0.25) is 0 Å². The minimum absolute atomic E-state index is 0.0570. The summed E-state index contributed by atoms with van der Waals surface area (Å²) in [5, 5.41) is 10.1. The van der Waals surface area contributed by atoms with Crippen molar-refractivity contribution >= 4 is 11.8 Å². The van der Waals surface area contributed by atoms with E-state index in [0.717, 1.165) is 29.4 Å². The third-order valence-corrected chi connectivity index (χ3v) is 4.88. The van der Waals surface area contributed by atoms with E-state index in [1.54, 1.807) is 18.0 Å². The highest BCUT2D eigenvalue weighted by molar-refractivity contribution is 7.99. The number of hydrogen-bond donors (Lipinski definition) is 0. The summed E-state index contributed by atoms with van der Waals surface area (Å²) < 4.78 is 8.02. The van der Waals surface area contributed by atoms with Crippen LogP contribution in [0.25, 0.3) is 11.4 Å². The van der Waals surface area contributed by atoms with Gasteiger partial charge in [0.1, 0.15) is 0 Å². The van der Waals surface area contributed by atoms with Crippen LogP contribution in [0.5, 0.6) is 0 Å². The normalized spacial score (nSPS) is 21.6. The molecule has 0 aromatic carbocycles. The Morgan fingerprint density at radius 2 is 2.05 bits per heavy atom. The lowest BCUT2D eigenvalue weighted by Gasteiger charge is -2.38. The topological polar surface area (TPSA) is 52.8 Å². The fourth-order valence-corrected chi connectivity index (χ4v) is 3.78.